The van der Waals surface area contributed by atoms with Crippen molar-refractivity contribution < 1.29 is 19.1 Å². The van der Waals surface area contributed by atoms with E-state index in [0.29, 0.717) is 35.7 Å². The highest BCUT2D eigenvalue weighted by molar-refractivity contribution is 9.10. The molecule has 148 valence electrons. The third-order valence-corrected chi connectivity index (χ3v) is 4.91. The van der Waals surface area contributed by atoms with Gasteiger partial charge in [-0.3, -0.25) is 9.59 Å². The number of benzene rings is 2. The van der Waals surface area contributed by atoms with E-state index in [1.165, 1.54) is 0 Å². The maximum absolute atomic E-state index is 12.8. The van der Waals surface area contributed by atoms with Crippen LogP contribution >= 0.6 is 15.9 Å². The van der Waals surface area contributed by atoms with Gasteiger partial charge in [0.05, 0.1) is 29.5 Å². The third kappa shape index (κ3) is 5.11. The molecule has 0 saturated carbocycles. The standard InChI is InChI=1S/C21H23BrN2O4/c1-2-27-19-10-9-14(22)12-17(19)21(26)24-18-8-4-3-7-16(18)20(25)23-13-15-6-5-11-28-15/h3-4,7-10,12,15H,2,5-6,11,13H2,1H3,(H,23,25)(H,24,26). The lowest BCUT2D eigenvalue weighted by Gasteiger charge is -2.15. The van der Waals surface area contributed by atoms with Crippen LogP contribution in [0.4, 0.5) is 5.69 Å². The molecule has 0 aromatic heterocycles. The first-order valence-electron chi connectivity index (χ1n) is 9.31. The average Bonchev–Trinajstić information content (AvgIpc) is 3.21. The highest BCUT2D eigenvalue weighted by Gasteiger charge is 2.20. The minimum atomic E-state index is -0.343. The van der Waals surface area contributed by atoms with Gasteiger partial charge in [-0.2, -0.15) is 0 Å². The second-order valence-corrected chi connectivity index (χ2v) is 7.33. The Morgan fingerprint density at radius 2 is 2.00 bits per heavy atom. The van der Waals surface area contributed by atoms with Crippen molar-refractivity contribution in [2.45, 2.75) is 25.9 Å². The Morgan fingerprint density at radius 1 is 1.18 bits per heavy atom. The summed E-state index contributed by atoms with van der Waals surface area (Å²) in [4.78, 5) is 25.5. The highest BCUT2D eigenvalue weighted by atomic mass is 79.9. The van der Waals surface area contributed by atoms with E-state index in [1.54, 1.807) is 36.4 Å². The number of anilines is 1. The maximum atomic E-state index is 12.8. The molecule has 3 rings (SSSR count). The van der Waals surface area contributed by atoms with Crippen molar-refractivity contribution in [2.75, 3.05) is 25.1 Å². The lowest BCUT2D eigenvalue weighted by Crippen LogP contribution is -2.32. The number of hydrogen-bond acceptors (Lipinski definition) is 4. The number of rotatable bonds is 7. The molecule has 2 amide bonds. The zero-order valence-corrected chi connectivity index (χ0v) is 17.3. The molecular weight excluding hydrogens is 424 g/mol. The van der Waals surface area contributed by atoms with Gasteiger partial charge >= 0.3 is 0 Å². The lowest BCUT2D eigenvalue weighted by molar-refractivity contribution is 0.0858. The van der Waals surface area contributed by atoms with Crippen molar-refractivity contribution in [3.8, 4) is 5.75 Å². The predicted octanol–water partition coefficient (Wildman–Crippen LogP) is 4.01. The van der Waals surface area contributed by atoms with Gasteiger partial charge < -0.3 is 20.1 Å². The number of hydrogen-bond donors (Lipinski definition) is 2. The molecule has 1 aliphatic rings. The Kier molecular flexibility index (Phi) is 7.06. The fourth-order valence-corrected chi connectivity index (χ4v) is 3.41. The summed E-state index contributed by atoms with van der Waals surface area (Å²) in [7, 11) is 0. The summed E-state index contributed by atoms with van der Waals surface area (Å²) < 4.78 is 11.9. The molecule has 6 nitrogen and oxygen atoms in total. The third-order valence-electron chi connectivity index (χ3n) is 4.42. The second kappa shape index (κ2) is 9.71. The highest BCUT2D eigenvalue weighted by Crippen LogP contribution is 2.25. The molecular formula is C21H23BrN2O4. The zero-order valence-electron chi connectivity index (χ0n) is 15.7. The summed E-state index contributed by atoms with van der Waals surface area (Å²) in [6.45, 7) is 3.50. The van der Waals surface area contributed by atoms with Gasteiger partial charge in [0.1, 0.15) is 5.75 Å². The van der Waals surface area contributed by atoms with E-state index in [0.717, 1.165) is 23.9 Å². The Labute approximate surface area is 172 Å². The summed E-state index contributed by atoms with van der Waals surface area (Å²) in [6, 6.07) is 12.2. The molecule has 1 heterocycles. The number of ether oxygens (including phenoxy) is 2. The largest absolute Gasteiger partial charge is 0.493 e. The monoisotopic (exact) mass is 446 g/mol. The number of amides is 2. The Balaban J connectivity index is 1.75. The molecule has 1 aliphatic heterocycles. The molecule has 28 heavy (non-hydrogen) atoms. The fraction of sp³-hybridized carbons (Fsp3) is 0.333. The molecule has 0 bridgehead atoms. The van der Waals surface area contributed by atoms with Crippen LogP contribution in [0.3, 0.4) is 0 Å². The van der Waals surface area contributed by atoms with Crippen molar-refractivity contribution in [1.82, 2.24) is 5.32 Å². The van der Waals surface area contributed by atoms with Crippen molar-refractivity contribution in [2.24, 2.45) is 0 Å². The van der Waals surface area contributed by atoms with Gasteiger partial charge in [-0.1, -0.05) is 28.1 Å². The summed E-state index contributed by atoms with van der Waals surface area (Å²) in [5.41, 5.74) is 1.24. The Hall–Kier alpha value is -2.38. The molecule has 1 fully saturated rings. The minimum Gasteiger partial charge on any atom is -0.493 e. The molecule has 2 aromatic carbocycles. The van der Waals surface area contributed by atoms with Gasteiger partial charge in [-0.05, 0) is 50.1 Å². The molecule has 1 unspecified atom stereocenters. The minimum absolute atomic E-state index is 0.0566. The van der Waals surface area contributed by atoms with Crippen molar-refractivity contribution in [3.63, 3.8) is 0 Å². The van der Waals surface area contributed by atoms with E-state index in [-0.39, 0.29) is 17.9 Å². The molecule has 1 saturated heterocycles. The summed E-state index contributed by atoms with van der Waals surface area (Å²) in [6.07, 6.45) is 2.02. The topological polar surface area (TPSA) is 76.7 Å². The van der Waals surface area contributed by atoms with Crippen molar-refractivity contribution in [3.05, 3.63) is 58.1 Å². The first kappa shape index (κ1) is 20.4. The van der Waals surface area contributed by atoms with Gasteiger partial charge in [-0.15, -0.1) is 0 Å². The van der Waals surface area contributed by atoms with E-state index in [2.05, 4.69) is 26.6 Å². The Morgan fingerprint density at radius 3 is 2.75 bits per heavy atom. The normalized spacial score (nSPS) is 15.9. The number of para-hydroxylation sites is 1. The van der Waals surface area contributed by atoms with Crippen LogP contribution in [0.15, 0.2) is 46.9 Å². The van der Waals surface area contributed by atoms with E-state index >= 15 is 0 Å². The van der Waals surface area contributed by atoms with Crippen molar-refractivity contribution >= 4 is 33.4 Å². The first-order chi connectivity index (χ1) is 13.6. The van der Waals surface area contributed by atoms with E-state index in [4.69, 9.17) is 9.47 Å². The van der Waals surface area contributed by atoms with Crippen LogP contribution in [0.1, 0.15) is 40.5 Å². The predicted molar refractivity (Wildman–Crippen MR) is 111 cm³/mol. The summed E-state index contributed by atoms with van der Waals surface area (Å²) in [5.74, 6) is -0.0988. The number of carbonyl (C=O) groups excluding carboxylic acids is 2. The quantitative estimate of drug-likeness (QED) is 0.673. The van der Waals surface area contributed by atoms with Crippen LogP contribution < -0.4 is 15.4 Å². The van der Waals surface area contributed by atoms with E-state index in [9.17, 15) is 9.59 Å². The van der Waals surface area contributed by atoms with Crippen LogP contribution in [-0.4, -0.2) is 37.7 Å². The molecule has 0 spiro atoms. The lowest BCUT2D eigenvalue weighted by atomic mass is 10.1. The van der Waals surface area contributed by atoms with Gasteiger partial charge in [0.15, 0.2) is 0 Å². The van der Waals surface area contributed by atoms with Crippen LogP contribution in [0, 0.1) is 0 Å². The Bertz CT molecular complexity index is 850. The van der Waals surface area contributed by atoms with E-state index < -0.39 is 0 Å². The van der Waals surface area contributed by atoms with Gasteiger partial charge in [0.2, 0.25) is 0 Å². The van der Waals surface area contributed by atoms with Crippen LogP contribution in [0.5, 0.6) is 5.75 Å². The van der Waals surface area contributed by atoms with E-state index in [1.807, 2.05) is 13.0 Å². The summed E-state index contributed by atoms with van der Waals surface area (Å²) in [5, 5.41) is 5.72. The SMILES string of the molecule is CCOc1ccc(Br)cc1C(=O)Nc1ccccc1C(=O)NCC1CCCO1. The second-order valence-electron chi connectivity index (χ2n) is 6.42. The molecule has 7 heteroatoms. The average molecular weight is 447 g/mol. The maximum Gasteiger partial charge on any atom is 0.259 e. The van der Waals surface area contributed by atoms with Crippen LogP contribution in [0.25, 0.3) is 0 Å². The van der Waals surface area contributed by atoms with Crippen LogP contribution in [0.2, 0.25) is 0 Å². The fourth-order valence-electron chi connectivity index (χ4n) is 3.05. The molecule has 1 atom stereocenters. The zero-order chi connectivity index (χ0) is 19.9. The molecule has 2 N–H and O–H groups in total. The van der Waals surface area contributed by atoms with Gasteiger partial charge in [0, 0.05) is 17.6 Å². The molecule has 0 radical (unpaired) electrons. The summed E-state index contributed by atoms with van der Waals surface area (Å²) >= 11 is 3.38. The van der Waals surface area contributed by atoms with Crippen molar-refractivity contribution in [1.29, 1.82) is 0 Å². The van der Waals surface area contributed by atoms with Gasteiger partial charge in [-0.25, -0.2) is 0 Å². The number of halogens is 1. The smallest absolute Gasteiger partial charge is 0.259 e. The molecule has 0 aliphatic carbocycles. The molecule has 2 aromatic rings. The first-order valence-corrected chi connectivity index (χ1v) is 10.1. The van der Waals surface area contributed by atoms with Gasteiger partial charge in [0.25, 0.3) is 11.8 Å². The van der Waals surface area contributed by atoms with Crippen LogP contribution in [-0.2, 0) is 4.74 Å². The number of nitrogens with one attached hydrogen (secondary N) is 2. The number of carbonyl (C=O) groups is 2.